The minimum absolute atomic E-state index is 0.0449. The smallest absolute Gasteiger partial charge is 0.240 e. The molecular weight excluding hydrogens is 1110 g/mol. The molecule has 4 aromatic rings. The summed E-state index contributed by atoms with van der Waals surface area (Å²) in [5.74, 6) is -7.36. The normalized spacial score (nSPS) is 28.9. The zero-order valence-corrected chi connectivity index (χ0v) is 47.1. The highest BCUT2D eigenvalue weighted by molar-refractivity contribution is 6.32. The van der Waals surface area contributed by atoms with Gasteiger partial charge in [-0.15, -0.1) is 0 Å². The molecule has 14 N–H and O–H groups in total. The van der Waals surface area contributed by atoms with Gasteiger partial charge in [0, 0.05) is 96.8 Å². The van der Waals surface area contributed by atoms with Crippen molar-refractivity contribution in [3.05, 3.63) is 103 Å². The van der Waals surface area contributed by atoms with E-state index >= 15 is 0 Å². The lowest BCUT2D eigenvalue weighted by molar-refractivity contribution is -0.246. The Labute approximate surface area is 485 Å². The van der Waals surface area contributed by atoms with Gasteiger partial charge in [0.15, 0.2) is 24.1 Å². The first-order chi connectivity index (χ1) is 40.2. The molecule has 4 aromatic carbocycles. The van der Waals surface area contributed by atoms with Gasteiger partial charge in [0.25, 0.3) is 0 Å². The van der Waals surface area contributed by atoms with Crippen molar-refractivity contribution < 1.29 is 98.0 Å². The molecule has 26 nitrogen and oxygen atoms in total. The summed E-state index contributed by atoms with van der Waals surface area (Å²) in [4.78, 5) is 83.0. The zero-order valence-electron chi connectivity index (χ0n) is 47.1. The molecule has 2 aliphatic heterocycles. The number of carbonyl (C=O) groups is 6. The van der Waals surface area contributed by atoms with Crippen LogP contribution in [-0.2, 0) is 41.4 Å². The monoisotopic (exact) mass is 1180 g/mol. The van der Waals surface area contributed by atoms with Crippen LogP contribution in [0.15, 0.2) is 46.6 Å². The molecule has 2 heterocycles. The Morgan fingerprint density at radius 1 is 0.600 bits per heavy atom. The highest BCUT2D eigenvalue weighted by atomic mass is 16.7. The van der Waals surface area contributed by atoms with E-state index in [1.165, 1.54) is 64.5 Å². The lowest BCUT2D eigenvalue weighted by atomic mass is 9.71. The molecule has 4 aliphatic carbocycles. The third-order valence-corrected chi connectivity index (χ3v) is 17.1. The standard InChI is InChI=1S/C59H66N6O20/c1-22-48(68)30(60)16-38(82-22)84-34-20-58(78,18-28-42(34)56(76)46-44(52(28)72)50(70)26-10-7-12-32(80-5)40(26)54(46)74)24(3)62-64-36(66)14-9-15-37(67)65-63-25(4)59(79)19-29-43(35(21-59)85-39-17-31(61)49(69)23(2)83-39)57(77)47-45(53(29)73)51(71)27-11-8-13-33(81-6)41(27)55(47)75/h7-8,10-13,22-23,30-31,34-35,38-39,48-49,68-69,72-73,76-79H,9,14-21,60-61H2,1-6H3,(H,64,66)(H,65,67)/b62-24+,63-25+. The molecular formula is C59H66N6O20. The van der Waals surface area contributed by atoms with E-state index in [2.05, 4.69) is 21.1 Å². The van der Waals surface area contributed by atoms with Crippen molar-refractivity contribution in [3.63, 3.8) is 0 Å². The summed E-state index contributed by atoms with van der Waals surface area (Å²) >= 11 is 0. The number of hydrogen-bond acceptors (Lipinski definition) is 24. The molecule has 452 valence electrons. The predicted molar refractivity (Wildman–Crippen MR) is 296 cm³/mol. The van der Waals surface area contributed by atoms with Crippen LogP contribution in [0.3, 0.4) is 0 Å². The number of nitrogens with zero attached hydrogens (tertiary/aromatic N) is 2. The van der Waals surface area contributed by atoms with Crippen LogP contribution < -0.4 is 31.8 Å². The van der Waals surface area contributed by atoms with Gasteiger partial charge in [0.1, 0.15) is 45.7 Å². The quantitative estimate of drug-likeness (QED) is 0.0422. The number of phenolic OH excluding ortho intramolecular Hbond substituents is 4. The van der Waals surface area contributed by atoms with Crippen LogP contribution in [0.5, 0.6) is 34.5 Å². The topological polar surface area (TPSA) is 420 Å². The number of amides is 2. The summed E-state index contributed by atoms with van der Waals surface area (Å²) in [5, 5.41) is 102. The lowest BCUT2D eigenvalue weighted by Gasteiger charge is -2.42. The average molecular weight is 1180 g/mol. The molecule has 12 atom stereocenters. The Bertz CT molecular complexity index is 3300. The van der Waals surface area contributed by atoms with Gasteiger partial charge in [0.05, 0.1) is 95.6 Å². The van der Waals surface area contributed by atoms with E-state index in [1.54, 1.807) is 13.8 Å². The van der Waals surface area contributed by atoms with Gasteiger partial charge < -0.3 is 80.7 Å². The number of aromatic hydroxyl groups is 4. The summed E-state index contributed by atoms with van der Waals surface area (Å²) < 4.78 is 35.2. The van der Waals surface area contributed by atoms with Crippen molar-refractivity contribution in [2.24, 2.45) is 21.7 Å². The Kier molecular flexibility index (Phi) is 16.3. The maximum Gasteiger partial charge on any atom is 0.240 e. The van der Waals surface area contributed by atoms with E-state index in [-0.39, 0.29) is 99.5 Å². The van der Waals surface area contributed by atoms with Crippen molar-refractivity contribution >= 4 is 46.4 Å². The Balaban J connectivity index is 0.841. The maximum absolute atomic E-state index is 14.2. The third-order valence-electron chi connectivity index (χ3n) is 17.1. The number of benzene rings is 4. The number of ketones is 4. The molecule has 12 unspecified atom stereocenters. The molecule has 6 aliphatic rings. The van der Waals surface area contributed by atoms with Crippen LogP contribution in [0.4, 0.5) is 0 Å². The van der Waals surface area contributed by atoms with Crippen molar-refractivity contribution in [1.29, 1.82) is 0 Å². The number of methoxy groups -OCH3 is 2. The van der Waals surface area contributed by atoms with Crippen LogP contribution in [0, 0.1) is 0 Å². The summed E-state index contributed by atoms with van der Waals surface area (Å²) in [7, 11) is 2.61. The van der Waals surface area contributed by atoms with Gasteiger partial charge >= 0.3 is 0 Å². The van der Waals surface area contributed by atoms with E-state index in [0.717, 1.165) is 0 Å². The van der Waals surface area contributed by atoms with E-state index < -0.39 is 178 Å². The second-order valence-corrected chi connectivity index (χ2v) is 22.5. The fourth-order valence-corrected chi connectivity index (χ4v) is 12.4. The fraction of sp³-hybridized carbons (Fsp3) is 0.458. The number of carbonyl (C=O) groups excluding carboxylic acids is 6. The van der Waals surface area contributed by atoms with E-state index in [0.29, 0.717) is 0 Å². The number of fused-ring (bicyclic) bond motifs is 6. The first kappa shape index (κ1) is 60.4. The number of rotatable bonds is 14. The second kappa shape index (κ2) is 22.9. The molecule has 0 radical (unpaired) electrons. The molecule has 2 saturated heterocycles. The van der Waals surface area contributed by atoms with E-state index in [1.807, 2.05) is 0 Å². The molecule has 0 spiro atoms. The van der Waals surface area contributed by atoms with Gasteiger partial charge in [-0.2, -0.15) is 10.2 Å². The molecule has 0 bridgehead atoms. The largest absolute Gasteiger partial charge is 0.507 e. The number of phenols is 4. The summed E-state index contributed by atoms with van der Waals surface area (Å²) in [6.07, 6.45) is -11.4. The molecule has 26 heteroatoms. The number of hydrazone groups is 2. The van der Waals surface area contributed by atoms with E-state index in [4.69, 9.17) is 39.9 Å². The van der Waals surface area contributed by atoms with E-state index in [9.17, 15) is 69.6 Å². The van der Waals surface area contributed by atoms with Crippen LogP contribution in [0.2, 0.25) is 0 Å². The van der Waals surface area contributed by atoms with Crippen LogP contribution in [0.1, 0.15) is 171 Å². The first-order valence-electron chi connectivity index (χ1n) is 27.6. The van der Waals surface area contributed by atoms with Gasteiger partial charge in [0.2, 0.25) is 23.4 Å². The van der Waals surface area contributed by atoms with Crippen molar-refractivity contribution in [1.82, 2.24) is 10.9 Å². The number of aliphatic hydroxyl groups excluding tert-OH is 2. The fourth-order valence-electron chi connectivity index (χ4n) is 12.4. The second-order valence-electron chi connectivity index (χ2n) is 22.5. The highest BCUT2D eigenvalue weighted by Gasteiger charge is 2.51. The Morgan fingerprint density at radius 2 is 0.965 bits per heavy atom. The molecule has 0 aromatic heterocycles. The summed E-state index contributed by atoms with van der Waals surface area (Å²) in [6, 6.07) is 7.02. The highest BCUT2D eigenvalue weighted by Crippen LogP contribution is 2.55. The van der Waals surface area contributed by atoms with Crippen molar-refractivity contribution in [2.75, 3.05) is 14.2 Å². The van der Waals surface area contributed by atoms with Crippen molar-refractivity contribution in [3.8, 4) is 34.5 Å². The van der Waals surface area contributed by atoms with Gasteiger partial charge in [-0.05, 0) is 46.2 Å². The van der Waals surface area contributed by atoms with Gasteiger partial charge in [-0.3, -0.25) is 28.8 Å². The molecule has 85 heavy (non-hydrogen) atoms. The zero-order chi connectivity index (χ0) is 61.5. The lowest BCUT2D eigenvalue weighted by Crippen LogP contribution is -2.52. The van der Waals surface area contributed by atoms with Crippen LogP contribution >= 0.6 is 0 Å². The Morgan fingerprint density at radius 3 is 1.32 bits per heavy atom. The van der Waals surface area contributed by atoms with Gasteiger partial charge in [-0.1, -0.05) is 24.3 Å². The molecule has 10 rings (SSSR count). The predicted octanol–water partition coefficient (Wildman–Crippen LogP) is 2.05. The third kappa shape index (κ3) is 10.5. The number of ether oxygens (including phenoxy) is 6. The molecule has 0 saturated carbocycles. The number of nitrogens with one attached hydrogen (secondary N) is 2. The Hall–Kier alpha value is -7.76. The van der Waals surface area contributed by atoms with Crippen LogP contribution in [-0.4, -0.2) is 162 Å². The minimum atomic E-state index is -2.07. The number of hydrogen-bond donors (Lipinski definition) is 12. The maximum atomic E-state index is 14.2. The minimum Gasteiger partial charge on any atom is -0.507 e. The molecule has 2 fully saturated rings. The van der Waals surface area contributed by atoms with Gasteiger partial charge in [-0.25, -0.2) is 10.9 Å². The first-order valence-corrected chi connectivity index (χ1v) is 27.6. The molecule has 2 amide bonds. The van der Waals surface area contributed by atoms with Crippen LogP contribution in [0.25, 0.3) is 0 Å². The summed E-state index contributed by atoms with van der Waals surface area (Å²) in [6.45, 7) is 5.89. The SMILES string of the molecule is COc1cccc2c1C(=O)c1c(O)c3c(c(O)c1C2=O)CC(O)(/C(C)=N/NC(=O)CCCC(=O)N/N=C(\C)C1(O)Cc2c(O)c4c(c(O)c2C(OC2CC(N)C(O)C(C)O2)C1)C(=O)c1c(OC)cccc1C4=O)CC3OC1CC(N)C(O)C(C)O1. The number of aliphatic hydroxyl groups is 4. The summed E-state index contributed by atoms with van der Waals surface area (Å²) in [5.41, 5.74) is 9.66. The van der Waals surface area contributed by atoms with Crippen molar-refractivity contribution in [2.45, 2.75) is 158 Å². The number of nitrogens with two attached hydrogens (primary N) is 2. The average Bonchev–Trinajstić information content (AvgIpc) is 0.879.